The third kappa shape index (κ3) is 3.39. The van der Waals surface area contributed by atoms with Crippen LogP contribution in [0.25, 0.3) is 65.7 Å². The first-order chi connectivity index (χ1) is 27.9. The maximum Gasteiger partial charge on any atom is 0.0636 e. The zero-order valence-electron chi connectivity index (χ0n) is 42.0. The Balaban J connectivity index is 1.83. The Kier molecular flexibility index (Phi) is 1.81. The first-order valence-electron chi connectivity index (χ1n) is 22.5. The largest absolute Gasteiger partial charge is 0.0636 e. The maximum atomic E-state index is 9.50. The molecule has 0 atom stereocenters. The van der Waals surface area contributed by atoms with E-state index in [9.17, 15) is 4.11 Å². The number of hydrogen-bond donors (Lipinski definition) is 0. The van der Waals surface area contributed by atoms with Crippen LogP contribution in [0.5, 0.6) is 0 Å². The molecule has 7 rings (SSSR count). The van der Waals surface area contributed by atoms with E-state index in [1.165, 1.54) is 0 Å². The molecule has 0 heterocycles. The third-order valence-electron chi connectivity index (χ3n) is 5.50. The van der Waals surface area contributed by atoms with E-state index in [1.54, 1.807) is 0 Å². The van der Waals surface area contributed by atoms with E-state index in [4.69, 9.17) is 28.8 Å². The summed E-state index contributed by atoms with van der Waals surface area (Å²) in [6.45, 7) is 0. The van der Waals surface area contributed by atoms with E-state index in [2.05, 4.69) is 0 Å². The zero-order valence-corrected chi connectivity index (χ0v) is 18.0. The smallest absolute Gasteiger partial charge is 0.0622 e. The highest BCUT2D eigenvalue weighted by molar-refractivity contribution is 6.21. The molecule has 0 saturated carbocycles. The summed E-state index contributed by atoms with van der Waals surface area (Å²) < 4.78 is 210. The van der Waals surface area contributed by atoms with Crippen LogP contribution in [-0.2, 0) is 0 Å². The average Bonchev–Trinajstić information content (AvgIpc) is 3.21. The van der Waals surface area contributed by atoms with E-state index >= 15 is 0 Å². The summed E-state index contributed by atoms with van der Waals surface area (Å²) in [6, 6.07) is -21.6. The van der Waals surface area contributed by atoms with Crippen LogP contribution in [0.2, 0.25) is 0 Å². The summed E-state index contributed by atoms with van der Waals surface area (Å²) in [7, 11) is 0. The van der Waals surface area contributed by atoms with Crippen molar-refractivity contribution in [1.29, 1.82) is 0 Å². The fourth-order valence-corrected chi connectivity index (χ4v) is 4.00. The van der Waals surface area contributed by atoms with Gasteiger partial charge in [-0.15, -0.1) is 0 Å². The van der Waals surface area contributed by atoms with Gasteiger partial charge in [-0.05, 0) is 77.8 Å². The minimum absolute atomic E-state index is 0.629. The van der Waals surface area contributed by atoms with E-state index in [1.807, 2.05) is 0 Å². The Bertz CT molecular complexity index is 3050. The normalized spacial score (nSPS) is 20.7. The Morgan fingerprint density at radius 1 is 0.306 bits per heavy atom. The monoisotopic (exact) mass is 480 g/mol. The first kappa shape index (κ1) is 7.66. The standard InChI is InChI=1S/C36H24/c1-3-11-25(12-4-1)27-19-20-29-24-30(22-21-28(29)23-27)36-33-17-9-7-15-31(33)35(26-13-5-2-6-14-26)32-16-8-10-18-34(32)36/h1-24H/i1D,2D,3D,4D,5D,6D,7D,8D,9D,10D,11D,12D,13D,14D,15D,16D,17D,18D,19D,20D,21D,22D,23D,24D. The highest BCUT2D eigenvalue weighted by Gasteiger charge is 2.16. The van der Waals surface area contributed by atoms with Crippen LogP contribution in [0.3, 0.4) is 0 Å². The molecule has 0 heteroatoms. The van der Waals surface area contributed by atoms with Gasteiger partial charge in [0.15, 0.2) is 0 Å². The van der Waals surface area contributed by atoms with Gasteiger partial charge in [0.05, 0.1) is 32.9 Å². The lowest BCUT2D eigenvalue weighted by Gasteiger charge is -2.18. The van der Waals surface area contributed by atoms with E-state index < -0.39 is 211 Å². The van der Waals surface area contributed by atoms with Gasteiger partial charge in [0, 0.05) is 0 Å². The summed E-state index contributed by atoms with van der Waals surface area (Å²) in [4.78, 5) is 0. The van der Waals surface area contributed by atoms with Gasteiger partial charge in [-0.1, -0.05) is 133 Å². The molecule has 0 bridgehead atoms. The summed E-state index contributed by atoms with van der Waals surface area (Å²) in [5, 5.41) is -3.98. The second-order valence-electron chi connectivity index (χ2n) is 7.50. The lowest BCUT2D eigenvalue weighted by atomic mass is 9.85. The summed E-state index contributed by atoms with van der Waals surface area (Å²) in [6.07, 6.45) is 0. The van der Waals surface area contributed by atoms with E-state index in [0.29, 0.717) is 0 Å². The van der Waals surface area contributed by atoms with Crippen molar-refractivity contribution < 1.29 is 32.9 Å². The molecule has 0 spiro atoms. The van der Waals surface area contributed by atoms with Crippen LogP contribution in [0, 0.1) is 0 Å². The van der Waals surface area contributed by atoms with Crippen LogP contribution >= 0.6 is 0 Å². The van der Waals surface area contributed by atoms with E-state index in [0.717, 1.165) is 0 Å². The summed E-state index contributed by atoms with van der Waals surface area (Å²) in [5.74, 6) is 0. The van der Waals surface area contributed by atoms with Crippen molar-refractivity contribution in [3.05, 3.63) is 145 Å². The molecule has 0 aromatic heterocycles. The third-order valence-corrected chi connectivity index (χ3v) is 5.50. The predicted molar refractivity (Wildman–Crippen MR) is 155 cm³/mol. The van der Waals surface area contributed by atoms with Crippen molar-refractivity contribution in [2.24, 2.45) is 0 Å². The highest BCUT2D eigenvalue weighted by atomic mass is 14.2. The minimum atomic E-state index is -0.997. The molecular weight excluding hydrogens is 432 g/mol. The van der Waals surface area contributed by atoms with Crippen molar-refractivity contribution in [3.8, 4) is 33.4 Å². The molecule has 0 N–H and O–H groups in total. The second kappa shape index (κ2) is 8.52. The molecular formula is C36H24. The lowest BCUT2D eigenvalue weighted by molar-refractivity contribution is 1.64. The topological polar surface area (TPSA) is 0 Å². The van der Waals surface area contributed by atoms with Crippen molar-refractivity contribution >= 4 is 32.3 Å². The van der Waals surface area contributed by atoms with Crippen LogP contribution in [-0.4, -0.2) is 0 Å². The van der Waals surface area contributed by atoms with Crippen LogP contribution < -0.4 is 0 Å². The minimum Gasteiger partial charge on any atom is -0.0622 e. The molecule has 0 radical (unpaired) electrons. The predicted octanol–water partition coefficient (Wildman–Crippen LogP) is 10.1. The average molecular weight is 481 g/mol. The van der Waals surface area contributed by atoms with Gasteiger partial charge in [-0.25, -0.2) is 0 Å². The van der Waals surface area contributed by atoms with Gasteiger partial charge in [0.1, 0.15) is 0 Å². The van der Waals surface area contributed by atoms with Gasteiger partial charge >= 0.3 is 0 Å². The number of benzene rings is 7. The second-order valence-corrected chi connectivity index (χ2v) is 7.50. The maximum absolute atomic E-state index is 9.50. The fraction of sp³-hybridized carbons (Fsp3) is 0. The molecule has 7 aromatic carbocycles. The van der Waals surface area contributed by atoms with Gasteiger partial charge in [-0.3, -0.25) is 0 Å². The molecule has 0 nitrogen and oxygen atoms in total. The Hall–Kier alpha value is -4.68. The van der Waals surface area contributed by atoms with Crippen LogP contribution in [0.1, 0.15) is 32.9 Å². The summed E-state index contributed by atoms with van der Waals surface area (Å²) >= 11 is 0. The van der Waals surface area contributed by atoms with Crippen molar-refractivity contribution in [2.75, 3.05) is 0 Å². The first-order valence-corrected chi connectivity index (χ1v) is 10.5. The van der Waals surface area contributed by atoms with Crippen molar-refractivity contribution in [1.82, 2.24) is 0 Å². The van der Waals surface area contributed by atoms with Crippen molar-refractivity contribution in [3.63, 3.8) is 0 Å². The van der Waals surface area contributed by atoms with Gasteiger partial charge in [0.2, 0.25) is 0 Å². The molecule has 7 aromatic rings. The fourth-order valence-electron chi connectivity index (χ4n) is 4.00. The molecule has 0 aliphatic carbocycles. The lowest BCUT2D eigenvalue weighted by Crippen LogP contribution is -1.90. The molecule has 0 aliphatic heterocycles. The molecule has 0 saturated heterocycles. The number of rotatable bonds is 3. The number of fused-ring (bicyclic) bond motifs is 3. The number of hydrogen-bond acceptors (Lipinski definition) is 0. The Morgan fingerprint density at radius 3 is 1.22 bits per heavy atom. The van der Waals surface area contributed by atoms with Gasteiger partial charge in [0.25, 0.3) is 0 Å². The summed E-state index contributed by atoms with van der Waals surface area (Å²) in [5.41, 5.74) is -4.13. The SMILES string of the molecule is [2H]c1c([2H])c([2H])c(-c2c([2H])c([2H])c3c([2H])c(-c4c5c([2H])c([2H])c([2H])c([2H])c5c(-c5c([2H])c([2H])c([2H])c([2H])c5[2H])c5c([2H])c([2H])c([2H])c([2H])c45)c([2H])c([2H])c3c2[2H])c([2H])c1[2H]. The van der Waals surface area contributed by atoms with Crippen molar-refractivity contribution in [2.45, 2.75) is 0 Å². The Labute approximate surface area is 244 Å². The molecule has 36 heavy (non-hydrogen) atoms. The van der Waals surface area contributed by atoms with Gasteiger partial charge in [-0.2, -0.15) is 0 Å². The highest BCUT2D eigenvalue weighted by Crippen LogP contribution is 2.44. The Morgan fingerprint density at radius 2 is 0.694 bits per heavy atom. The zero-order chi connectivity index (χ0) is 44.8. The van der Waals surface area contributed by atoms with E-state index in [-0.39, 0.29) is 0 Å². The van der Waals surface area contributed by atoms with Crippen LogP contribution in [0.15, 0.2) is 145 Å². The molecule has 168 valence electrons. The van der Waals surface area contributed by atoms with Crippen LogP contribution in [0.4, 0.5) is 0 Å². The quantitative estimate of drug-likeness (QED) is 0.221. The molecule has 0 fully saturated rings. The molecule has 0 unspecified atom stereocenters. The molecule has 0 amide bonds. The van der Waals surface area contributed by atoms with Gasteiger partial charge < -0.3 is 0 Å². The molecule has 0 aliphatic rings.